The summed E-state index contributed by atoms with van der Waals surface area (Å²) < 4.78 is 0. The number of aromatic nitrogens is 3. The Labute approximate surface area is 172 Å². The molecule has 1 aliphatic heterocycles. The summed E-state index contributed by atoms with van der Waals surface area (Å²) in [6.45, 7) is 13.1. The molecule has 0 radical (unpaired) electrons. The van der Waals surface area contributed by atoms with E-state index in [1.807, 2.05) is 24.3 Å². The number of nitrogens with zero attached hydrogens (tertiary/aromatic N) is 6. The van der Waals surface area contributed by atoms with E-state index < -0.39 is 0 Å². The molecule has 0 aliphatic carbocycles. The first kappa shape index (κ1) is 20.3. The highest BCUT2D eigenvalue weighted by Gasteiger charge is 2.20. The van der Waals surface area contributed by atoms with E-state index in [-0.39, 0.29) is 0 Å². The fourth-order valence-corrected chi connectivity index (χ4v) is 3.29. The van der Waals surface area contributed by atoms with Gasteiger partial charge in [0.1, 0.15) is 11.9 Å². The summed E-state index contributed by atoms with van der Waals surface area (Å²) in [5, 5.41) is 17.9. The van der Waals surface area contributed by atoms with Gasteiger partial charge in [0.2, 0.25) is 0 Å². The normalized spacial score (nSPS) is 14.4. The summed E-state index contributed by atoms with van der Waals surface area (Å²) in [4.78, 5) is 8.88. The van der Waals surface area contributed by atoms with Crippen LogP contribution in [0.15, 0.2) is 61.4 Å². The Balaban J connectivity index is 1.63. The summed E-state index contributed by atoms with van der Waals surface area (Å²) in [5.41, 5.74) is 3.83. The SMILES string of the molecule is C=CC/C=C(\C=C)Cc1nnc(N2CCN(c3ccc(C#N)cn3)CC2)cc1C. The van der Waals surface area contributed by atoms with Crippen molar-refractivity contribution in [2.45, 2.75) is 19.8 Å². The highest BCUT2D eigenvalue weighted by atomic mass is 15.3. The van der Waals surface area contributed by atoms with Gasteiger partial charge < -0.3 is 9.80 Å². The molecule has 6 heteroatoms. The molecule has 3 heterocycles. The summed E-state index contributed by atoms with van der Waals surface area (Å²) in [7, 11) is 0. The predicted molar refractivity (Wildman–Crippen MR) is 117 cm³/mol. The molecule has 2 aromatic rings. The second-order valence-corrected chi connectivity index (χ2v) is 7.01. The third-order valence-electron chi connectivity index (χ3n) is 5.06. The highest BCUT2D eigenvalue weighted by Crippen LogP contribution is 2.20. The number of aryl methyl sites for hydroxylation is 1. The van der Waals surface area contributed by atoms with Crippen LogP contribution in [0.4, 0.5) is 11.6 Å². The van der Waals surface area contributed by atoms with Gasteiger partial charge in [-0.1, -0.05) is 24.8 Å². The maximum Gasteiger partial charge on any atom is 0.151 e. The molecule has 0 spiro atoms. The summed E-state index contributed by atoms with van der Waals surface area (Å²) in [5.74, 6) is 1.82. The van der Waals surface area contributed by atoms with Gasteiger partial charge in [0.05, 0.1) is 11.3 Å². The molecule has 6 nitrogen and oxygen atoms in total. The molecule has 1 saturated heterocycles. The Morgan fingerprint density at radius 2 is 1.86 bits per heavy atom. The topological polar surface area (TPSA) is 68.9 Å². The van der Waals surface area contributed by atoms with Gasteiger partial charge in [-0.2, -0.15) is 10.4 Å². The molecule has 0 aromatic carbocycles. The smallest absolute Gasteiger partial charge is 0.151 e. The van der Waals surface area contributed by atoms with E-state index in [1.54, 1.807) is 6.20 Å². The monoisotopic (exact) mass is 386 g/mol. The Kier molecular flexibility index (Phi) is 6.75. The zero-order chi connectivity index (χ0) is 20.6. The van der Waals surface area contributed by atoms with Crippen molar-refractivity contribution >= 4 is 11.6 Å². The molecule has 1 fully saturated rings. The van der Waals surface area contributed by atoms with Gasteiger partial charge in [0.15, 0.2) is 5.82 Å². The molecule has 0 N–H and O–H groups in total. The molecular formula is C23H26N6. The van der Waals surface area contributed by atoms with Gasteiger partial charge in [-0.15, -0.1) is 11.7 Å². The van der Waals surface area contributed by atoms with Crippen molar-refractivity contribution in [3.05, 3.63) is 78.2 Å². The largest absolute Gasteiger partial charge is 0.353 e. The molecule has 3 rings (SSSR count). The van der Waals surface area contributed by atoms with E-state index in [0.29, 0.717) is 5.56 Å². The second kappa shape index (κ2) is 9.65. The van der Waals surface area contributed by atoms with E-state index in [0.717, 1.165) is 67.5 Å². The van der Waals surface area contributed by atoms with Crippen LogP contribution < -0.4 is 9.80 Å². The van der Waals surface area contributed by atoms with Crippen molar-refractivity contribution < 1.29 is 0 Å². The van der Waals surface area contributed by atoms with Gasteiger partial charge in [-0.3, -0.25) is 0 Å². The van der Waals surface area contributed by atoms with Crippen LogP contribution in [0.25, 0.3) is 0 Å². The number of allylic oxidation sites excluding steroid dienone is 4. The molecule has 1 aliphatic rings. The summed E-state index contributed by atoms with van der Waals surface area (Å²) in [6.07, 6.45) is 9.04. The average molecular weight is 387 g/mol. The highest BCUT2D eigenvalue weighted by molar-refractivity contribution is 5.47. The minimum Gasteiger partial charge on any atom is -0.353 e. The molecule has 0 saturated carbocycles. The van der Waals surface area contributed by atoms with Crippen molar-refractivity contribution in [3.8, 4) is 6.07 Å². The lowest BCUT2D eigenvalue weighted by molar-refractivity contribution is 0.636. The van der Waals surface area contributed by atoms with Crippen molar-refractivity contribution in [2.75, 3.05) is 36.0 Å². The fraction of sp³-hybridized carbons (Fsp3) is 0.304. The maximum atomic E-state index is 8.91. The van der Waals surface area contributed by atoms with Gasteiger partial charge in [-0.25, -0.2) is 4.98 Å². The minimum absolute atomic E-state index is 0.581. The molecule has 0 atom stereocenters. The molecule has 0 bridgehead atoms. The number of hydrogen-bond acceptors (Lipinski definition) is 6. The second-order valence-electron chi connectivity index (χ2n) is 7.01. The van der Waals surface area contributed by atoms with Gasteiger partial charge >= 0.3 is 0 Å². The lowest BCUT2D eigenvalue weighted by Gasteiger charge is -2.36. The Bertz CT molecular complexity index is 931. The van der Waals surface area contributed by atoms with Crippen LogP contribution in [0, 0.1) is 18.3 Å². The van der Waals surface area contributed by atoms with Gasteiger partial charge in [0, 0.05) is 38.8 Å². The van der Waals surface area contributed by atoms with Crippen LogP contribution in [-0.4, -0.2) is 41.4 Å². The van der Waals surface area contributed by atoms with Gasteiger partial charge in [-0.05, 0) is 42.7 Å². The zero-order valence-corrected chi connectivity index (χ0v) is 16.9. The quantitative estimate of drug-likeness (QED) is 0.535. The average Bonchev–Trinajstić information content (AvgIpc) is 2.77. The first-order valence-corrected chi connectivity index (χ1v) is 9.76. The number of hydrogen-bond donors (Lipinski definition) is 0. The Morgan fingerprint density at radius 1 is 1.14 bits per heavy atom. The molecular weight excluding hydrogens is 360 g/mol. The maximum absolute atomic E-state index is 8.91. The van der Waals surface area contributed by atoms with Crippen molar-refractivity contribution in [3.63, 3.8) is 0 Å². The first-order chi connectivity index (χ1) is 14.1. The van der Waals surface area contributed by atoms with Crippen LogP contribution in [0.2, 0.25) is 0 Å². The molecule has 2 aromatic heterocycles. The van der Waals surface area contributed by atoms with E-state index in [4.69, 9.17) is 5.26 Å². The van der Waals surface area contributed by atoms with Crippen LogP contribution in [0.5, 0.6) is 0 Å². The number of rotatable bonds is 7. The lowest BCUT2D eigenvalue weighted by Crippen LogP contribution is -2.47. The van der Waals surface area contributed by atoms with Crippen LogP contribution in [0.1, 0.15) is 23.2 Å². The standard InChI is InChI=1S/C23H26N6/c1-4-6-7-19(5-2)15-21-18(3)14-23(27-26-21)29-12-10-28(11-13-29)22-9-8-20(16-24)17-25-22/h4-5,7-9,14,17H,1-2,6,10-13,15H2,3H3/b19-7+. The van der Waals surface area contributed by atoms with E-state index in [2.05, 4.69) is 63.3 Å². The Morgan fingerprint density at radius 3 is 2.41 bits per heavy atom. The Hall–Kier alpha value is -3.46. The molecule has 0 amide bonds. The molecule has 29 heavy (non-hydrogen) atoms. The molecule has 0 unspecified atom stereocenters. The summed E-state index contributed by atoms with van der Waals surface area (Å²) in [6, 6.07) is 7.94. The van der Waals surface area contributed by atoms with Crippen molar-refractivity contribution in [2.24, 2.45) is 0 Å². The van der Waals surface area contributed by atoms with Crippen LogP contribution in [0.3, 0.4) is 0 Å². The first-order valence-electron chi connectivity index (χ1n) is 9.76. The zero-order valence-electron chi connectivity index (χ0n) is 16.9. The lowest BCUT2D eigenvalue weighted by atomic mass is 10.1. The van der Waals surface area contributed by atoms with Crippen LogP contribution >= 0.6 is 0 Å². The summed E-state index contributed by atoms with van der Waals surface area (Å²) >= 11 is 0. The fourth-order valence-electron chi connectivity index (χ4n) is 3.29. The van der Waals surface area contributed by atoms with Crippen molar-refractivity contribution in [1.29, 1.82) is 5.26 Å². The number of pyridine rings is 1. The number of nitriles is 1. The predicted octanol–water partition coefficient (Wildman–Crippen LogP) is 3.61. The third-order valence-corrected chi connectivity index (χ3v) is 5.06. The van der Waals surface area contributed by atoms with E-state index in [9.17, 15) is 0 Å². The molecule has 148 valence electrons. The van der Waals surface area contributed by atoms with E-state index in [1.165, 1.54) is 0 Å². The van der Waals surface area contributed by atoms with Crippen LogP contribution in [-0.2, 0) is 6.42 Å². The number of anilines is 2. The minimum atomic E-state index is 0.581. The third kappa shape index (κ3) is 5.08. The van der Waals surface area contributed by atoms with Gasteiger partial charge in [0.25, 0.3) is 0 Å². The van der Waals surface area contributed by atoms with E-state index >= 15 is 0 Å². The number of piperazine rings is 1. The van der Waals surface area contributed by atoms with Crippen molar-refractivity contribution in [1.82, 2.24) is 15.2 Å².